The predicted molar refractivity (Wildman–Crippen MR) is 116 cm³/mol. The van der Waals surface area contributed by atoms with Crippen LogP contribution in [-0.2, 0) is 14.8 Å². The first-order valence-electron chi connectivity index (χ1n) is 8.93. The average molecular weight is 441 g/mol. The predicted octanol–water partition coefficient (Wildman–Crippen LogP) is 3.93. The zero-order chi connectivity index (χ0) is 21.8. The lowest BCUT2D eigenvalue weighted by atomic mass is 10.2. The summed E-state index contributed by atoms with van der Waals surface area (Å²) in [5.41, 5.74) is 0.763. The summed E-state index contributed by atoms with van der Waals surface area (Å²) in [5, 5.41) is 2.97. The van der Waals surface area contributed by atoms with Crippen LogP contribution in [0.5, 0.6) is 11.5 Å². The van der Waals surface area contributed by atoms with Crippen molar-refractivity contribution in [2.45, 2.75) is 32.9 Å². The van der Waals surface area contributed by atoms with Crippen LogP contribution in [0, 0.1) is 0 Å². The van der Waals surface area contributed by atoms with E-state index < -0.39 is 22.0 Å². The fourth-order valence-corrected chi connectivity index (χ4v) is 4.19. The highest BCUT2D eigenvalue weighted by Crippen LogP contribution is 2.31. The van der Waals surface area contributed by atoms with Gasteiger partial charge in [0.2, 0.25) is 15.9 Å². The molecule has 0 aliphatic rings. The van der Waals surface area contributed by atoms with E-state index in [1.807, 2.05) is 13.8 Å². The van der Waals surface area contributed by atoms with Gasteiger partial charge < -0.3 is 14.8 Å². The van der Waals surface area contributed by atoms with Crippen LogP contribution in [0.4, 0.5) is 11.4 Å². The zero-order valence-electron chi connectivity index (χ0n) is 17.0. The van der Waals surface area contributed by atoms with Crippen LogP contribution in [0.1, 0.15) is 20.8 Å². The maximum Gasteiger partial charge on any atom is 0.247 e. The van der Waals surface area contributed by atoms with E-state index in [1.54, 1.807) is 30.3 Å². The molecule has 0 aromatic heterocycles. The molecule has 2 rings (SSSR count). The molecule has 158 valence electrons. The van der Waals surface area contributed by atoms with Crippen molar-refractivity contribution in [1.29, 1.82) is 0 Å². The first kappa shape index (κ1) is 22.8. The number of benzene rings is 2. The number of hydrogen-bond donors (Lipinski definition) is 1. The minimum absolute atomic E-state index is 0.0135. The summed E-state index contributed by atoms with van der Waals surface area (Å²) in [6.45, 7) is 5.30. The molecule has 0 saturated carbocycles. The van der Waals surface area contributed by atoms with Crippen molar-refractivity contribution in [3.63, 3.8) is 0 Å². The molecule has 0 radical (unpaired) electrons. The fraction of sp³-hybridized carbons (Fsp3) is 0.350. The molecule has 0 spiro atoms. The van der Waals surface area contributed by atoms with Crippen LogP contribution < -0.4 is 19.1 Å². The molecular formula is C20H25ClN2O5S. The topological polar surface area (TPSA) is 84.9 Å². The number of amides is 1. The van der Waals surface area contributed by atoms with Crippen molar-refractivity contribution >= 4 is 38.9 Å². The van der Waals surface area contributed by atoms with Gasteiger partial charge in [0.15, 0.2) is 0 Å². The molecule has 1 amide bonds. The normalized spacial score (nSPS) is 12.4. The van der Waals surface area contributed by atoms with Crippen molar-refractivity contribution in [3.8, 4) is 11.5 Å². The highest BCUT2D eigenvalue weighted by atomic mass is 35.5. The van der Waals surface area contributed by atoms with Crippen molar-refractivity contribution in [3.05, 3.63) is 47.5 Å². The lowest BCUT2D eigenvalue weighted by molar-refractivity contribution is -0.116. The number of methoxy groups -OCH3 is 1. The lowest BCUT2D eigenvalue weighted by Gasteiger charge is -2.28. The van der Waals surface area contributed by atoms with Gasteiger partial charge in [-0.2, -0.15) is 0 Å². The smallest absolute Gasteiger partial charge is 0.247 e. The van der Waals surface area contributed by atoms with Crippen LogP contribution in [0.3, 0.4) is 0 Å². The Kier molecular flexibility index (Phi) is 7.37. The SMILES string of the molecule is COc1ccc(N([C@H](C)C(=O)Nc2cccc(OC(C)C)c2)S(C)(=O)=O)cc1Cl. The Hall–Kier alpha value is -2.45. The van der Waals surface area contributed by atoms with E-state index in [-0.39, 0.29) is 16.8 Å². The van der Waals surface area contributed by atoms with E-state index in [1.165, 1.54) is 26.2 Å². The van der Waals surface area contributed by atoms with Crippen LogP contribution in [0.15, 0.2) is 42.5 Å². The standard InChI is InChI=1S/C20H25ClN2O5S/c1-13(2)28-17-8-6-7-15(11-17)22-20(24)14(3)23(29(5,25)26)16-9-10-19(27-4)18(21)12-16/h6-14H,1-5H3,(H,22,24)/t14-/m1/s1. The fourth-order valence-electron chi connectivity index (χ4n) is 2.77. The average Bonchev–Trinajstić information content (AvgIpc) is 2.60. The quantitative estimate of drug-likeness (QED) is 0.672. The van der Waals surface area contributed by atoms with Crippen molar-refractivity contribution in [1.82, 2.24) is 0 Å². The molecule has 0 bridgehead atoms. The number of anilines is 2. The number of halogens is 1. The van der Waals surface area contributed by atoms with E-state index >= 15 is 0 Å². The summed E-state index contributed by atoms with van der Waals surface area (Å²) >= 11 is 6.14. The molecule has 0 heterocycles. The van der Waals surface area contributed by atoms with Gasteiger partial charge in [-0.1, -0.05) is 17.7 Å². The number of rotatable bonds is 8. The number of carbonyl (C=O) groups excluding carboxylic acids is 1. The number of nitrogens with zero attached hydrogens (tertiary/aromatic N) is 1. The summed E-state index contributed by atoms with van der Waals surface area (Å²) in [4.78, 5) is 12.8. The van der Waals surface area contributed by atoms with Crippen LogP contribution in [-0.4, -0.2) is 39.8 Å². The molecule has 0 saturated heterocycles. The van der Waals surface area contributed by atoms with Crippen LogP contribution in [0.2, 0.25) is 5.02 Å². The van der Waals surface area contributed by atoms with Gasteiger partial charge in [0.25, 0.3) is 0 Å². The van der Waals surface area contributed by atoms with E-state index in [4.69, 9.17) is 21.1 Å². The van der Waals surface area contributed by atoms with Gasteiger partial charge in [-0.25, -0.2) is 8.42 Å². The summed E-state index contributed by atoms with van der Waals surface area (Å²) < 4.78 is 36.6. The third-order valence-electron chi connectivity index (χ3n) is 3.95. The molecular weight excluding hydrogens is 416 g/mol. The molecule has 1 N–H and O–H groups in total. The van der Waals surface area contributed by atoms with Gasteiger partial charge in [0.1, 0.15) is 17.5 Å². The molecule has 0 fully saturated rings. The molecule has 2 aromatic rings. The maximum atomic E-state index is 12.8. The largest absolute Gasteiger partial charge is 0.495 e. The van der Waals surface area contributed by atoms with Crippen LogP contribution in [0.25, 0.3) is 0 Å². The van der Waals surface area contributed by atoms with Crippen LogP contribution >= 0.6 is 11.6 Å². The Morgan fingerprint density at radius 2 is 1.83 bits per heavy atom. The van der Waals surface area contributed by atoms with Gasteiger partial charge in [0, 0.05) is 11.8 Å². The highest BCUT2D eigenvalue weighted by molar-refractivity contribution is 7.92. The zero-order valence-corrected chi connectivity index (χ0v) is 18.5. The summed E-state index contributed by atoms with van der Waals surface area (Å²) in [5.74, 6) is 0.513. The number of carbonyl (C=O) groups is 1. The monoisotopic (exact) mass is 440 g/mol. The number of ether oxygens (including phenoxy) is 2. The molecule has 9 heteroatoms. The van der Waals surface area contributed by atoms with Gasteiger partial charge in [-0.15, -0.1) is 0 Å². The highest BCUT2D eigenvalue weighted by Gasteiger charge is 2.29. The second-order valence-corrected chi connectivity index (χ2v) is 9.00. The molecule has 29 heavy (non-hydrogen) atoms. The number of hydrogen-bond acceptors (Lipinski definition) is 5. The Bertz CT molecular complexity index is 979. The van der Waals surface area contributed by atoms with Gasteiger partial charge in [0.05, 0.1) is 30.2 Å². The molecule has 2 aromatic carbocycles. The van der Waals surface area contributed by atoms with E-state index in [0.29, 0.717) is 17.2 Å². The van der Waals surface area contributed by atoms with Gasteiger partial charge >= 0.3 is 0 Å². The second kappa shape index (κ2) is 9.37. The third-order valence-corrected chi connectivity index (χ3v) is 5.49. The molecule has 7 nitrogen and oxygen atoms in total. The lowest BCUT2D eigenvalue weighted by Crippen LogP contribution is -2.45. The first-order valence-corrected chi connectivity index (χ1v) is 11.2. The molecule has 0 aliphatic carbocycles. The van der Waals surface area contributed by atoms with Crippen molar-refractivity contribution in [2.75, 3.05) is 23.0 Å². The summed E-state index contributed by atoms with van der Waals surface area (Å²) in [7, 11) is -2.31. The van der Waals surface area contributed by atoms with Crippen molar-refractivity contribution in [2.24, 2.45) is 0 Å². The Balaban J connectivity index is 2.29. The minimum Gasteiger partial charge on any atom is -0.495 e. The number of sulfonamides is 1. The Labute approximate surface area is 176 Å². The van der Waals surface area contributed by atoms with Gasteiger partial charge in [-0.3, -0.25) is 9.10 Å². The minimum atomic E-state index is -3.77. The molecule has 0 unspecified atom stereocenters. The first-order chi connectivity index (χ1) is 13.5. The number of nitrogens with one attached hydrogen (secondary N) is 1. The summed E-state index contributed by atoms with van der Waals surface area (Å²) in [6.07, 6.45) is 1.02. The van der Waals surface area contributed by atoms with E-state index in [2.05, 4.69) is 5.32 Å². The third kappa shape index (κ3) is 6.01. The summed E-state index contributed by atoms with van der Waals surface area (Å²) in [6, 6.07) is 10.4. The van der Waals surface area contributed by atoms with E-state index in [9.17, 15) is 13.2 Å². The Morgan fingerprint density at radius 1 is 1.14 bits per heavy atom. The molecule has 1 atom stereocenters. The van der Waals surface area contributed by atoms with Gasteiger partial charge in [-0.05, 0) is 51.1 Å². The second-order valence-electron chi connectivity index (χ2n) is 6.74. The van der Waals surface area contributed by atoms with Crippen molar-refractivity contribution < 1.29 is 22.7 Å². The Morgan fingerprint density at radius 3 is 2.38 bits per heavy atom. The molecule has 0 aliphatic heterocycles. The maximum absolute atomic E-state index is 12.8. The van der Waals surface area contributed by atoms with E-state index in [0.717, 1.165) is 10.6 Å².